The smallest absolute Gasteiger partial charge is 0.0541 e. The molecule has 6 aromatic rings. The fraction of sp³-hybridized carbons (Fsp3) is 0.0909. The van der Waals surface area contributed by atoms with Gasteiger partial charge < -0.3 is 4.57 Å². The molecule has 0 aliphatic carbocycles. The van der Waals surface area contributed by atoms with Crippen molar-refractivity contribution in [1.82, 2.24) is 4.57 Å². The summed E-state index contributed by atoms with van der Waals surface area (Å²) in [6.07, 6.45) is 0. The van der Waals surface area contributed by atoms with E-state index in [0.29, 0.717) is 5.92 Å². The van der Waals surface area contributed by atoms with Crippen LogP contribution in [-0.4, -0.2) is 4.57 Å². The molecule has 0 amide bonds. The van der Waals surface area contributed by atoms with Crippen molar-refractivity contribution in [3.8, 4) is 27.9 Å². The second-order valence-electron chi connectivity index (χ2n) is 9.28. The molecule has 0 radical (unpaired) electrons. The highest BCUT2D eigenvalue weighted by atomic mass is 15.0. The van der Waals surface area contributed by atoms with E-state index < -0.39 is 0 Å². The average Bonchev–Trinajstić information content (AvgIpc) is 3.23. The van der Waals surface area contributed by atoms with Crippen LogP contribution >= 0.6 is 0 Å². The first-order valence-corrected chi connectivity index (χ1v) is 12.0. The van der Waals surface area contributed by atoms with Gasteiger partial charge in [0.1, 0.15) is 0 Å². The van der Waals surface area contributed by atoms with Crippen molar-refractivity contribution in [1.29, 1.82) is 0 Å². The lowest BCUT2D eigenvalue weighted by atomic mass is 9.95. The summed E-state index contributed by atoms with van der Waals surface area (Å²) in [4.78, 5) is 0. The van der Waals surface area contributed by atoms with Gasteiger partial charge in [-0.05, 0) is 64.1 Å². The van der Waals surface area contributed by atoms with Gasteiger partial charge in [-0.2, -0.15) is 0 Å². The van der Waals surface area contributed by atoms with Crippen LogP contribution in [0, 0.1) is 0 Å². The lowest BCUT2D eigenvalue weighted by Crippen LogP contribution is -1.96. The standard InChI is InChI=1S/C33H27N/c1-23(2)24-16-18-26(19-17-24)28-20-27(25-10-4-3-5-11-25)21-29(22-28)34-32-14-8-6-12-30(32)31-13-7-9-15-33(31)34/h3-23H,1-2H3. The third-order valence-electron chi connectivity index (χ3n) is 6.77. The van der Waals surface area contributed by atoms with Crippen LogP contribution in [0.1, 0.15) is 25.3 Å². The lowest BCUT2D eigenvalue weighted by molar-refractivity contribution is 0.867. The fourth-order valence-corrected chi connectivity index (χ4v) is 4.97. The largest absolute Gasteiger partial charge is 0.309 e. The molecule has 164 valence electrons. The van der Waals surface area contributed by atoms with E-state index in [1.807, 2.05) is 0 Å². The van der Waals surface area contributed by atoms with Gasteiger partial charge in [-0.25, -0.2) is 0 Å². The highest BCUT2D eigenvalue weighted by Gasteiger charge is 2.14. The molecule has 6 rings (SSSR count). The van der Waals surface area contributed by atoms with E-state index >= 15 is 0 Å². The van der Waals surface area contributed by atoms with Crippen LogP contribution in [-0.2, 0) is 0 Å². The third kappa shape index (κ3) is 3.50. The Morgan fingerprint density at radius 2 is 0.971 bits per heavy atom. The predicted molar refractivity (Wildman–Crippen MR) is 146 cm³/mol. The number of hydrogen-bond donors (Lipinski definition) is 0. The van der Waals surface area contributed by atoms with Crippen molar-refractivity contribution in [3.05, 3.63) is 127 Å². The number of para-hydroxylation sites is 2. The van der Waals surface area contributed by atoms with Gasteiger partial charge in [0.2, 0.25) is 0 Å². The number of nitrogens with zero attached hydrogens (tertiary/aromatic N) is 1. The van der Waals surface area contributed by atoms with E-state index in [9.17, 15) is 0 Å². The average molecular weight is 438 g/mol. The summed E-state index contributed by atoms with van der Waals surface area (Å²) >= 11 is 0. The zero-order valence-corrected chi connectivity index (χ0v) is 19.6. The molecule has 1 aromatic heterocycles. The van der Waals surface area contributed by atoms with E-state index in [1.165, 1.54) is 55.3 Å². The van der Waals surface area contributed by atoms with Crippen molar-refractivity contribution >= 4 is 21.8 Å². The summed E-state index contributed by atoms with van der Waals surface area (Å²) in [6, 6.07) is 44.1. The molecule has 0 unspecified atom stereocenters. The van der Waals surface area contributed by atoms with Gasteiger partial charge in [0.15, 0.2) is 0 Å². The number of fused-ring (bicyclic) bond motifs is 3. The van der Waals surface area contributed by atoms with E-state index in [1.54, 1.807) is 0 Å². The molecule has 5 aromatic carbocycles. The minimum Gasteiger partial charge on any atom is -0.309 e. The van der Waals surface area contributed by atoms with Gasteiger partial charge in [0.05, 0.1) is 11.0 Å². The second kappa shape index (κ2) is 8.35. The molecule has 1 heterocycles. The van der Waals surface area contributed by atoms with Crippen molar-refractivity contribution in [2.75, 3.05) is 0 Å². The first-order chi connectivity index (χ1) is 16.7. The predicted octanol–water partition coefficient (Wildman–Crippen LogP) is 9.24. The first kappa shape index (κ1) is 20.5. The third-order valence-corrected chi connectivity index (χ3v) is 6.77. The van der Waals surface area contributed by atoms with Crippen molar-refractivity contribution in [2.45, 2.75) is 19.8 Å². The molecule has 0 saturated carbocycles. The van der Waals surface area contributed by atoms with Crippen LogP contribution in [0.3, 0.4) is 0 Å². The van der Waals surface area contributed by atoms with Crippen molar-refractivity contribution in [2.24, 2.45) is 0 Å². The van der Waals surface area contributed by atoms with E-state index in [-0.39, 0.29) is 0 Å². The molecule has 34 heavy (non-hydrogen) atoms. The molecule has 0 atom stereocenters. The molecule has 0 bridgehead atoms. The summed E-state index contributed by atoms with van der Waals surface area (Å²) in [5.74, 6) is 0.526. The monoisotopic (exact) mass is 437 g/mol. The van der Waals surface area contributed by atoms with Gasteiger partial charge >= 0.3 is 0 Å². The zero-order chi connectivity index (χ0) is 23.1. The Hall–Kier alpha value is -4.10. The molecular formula is C33H27N. The van der Waals surface area contributed by atoms with Crippen LogP contribution in [0.4, 0.5) is 0 Å². The van der Waals surface area contributed by atoms with Crippen LogP contribution in [0.2, 0.25) is 0 Å². The Morgan fingerprint density at radius 1 is 0.471 bits per heavy atom. The molecule has 0 saturated heterocycles. The molecule has 0 N–H and O–H groups in total. The van der Waals surface area contributed by atoms with E-state index in [2.05, 4.69) is 140 Å². The fourth-order valence-electron chi connectivity index (χ4n) is 4.97. The molecule has 0 aliphatic rings. The van der Waals surface area contributed by atoms with E-state index in [4.69, 9.17) is 0 Å². The number of rotatable bonds is 4. The Kier molecular flexibility index (Phi) is 5.04. The molecule has 0 fully saturated rings. The van der Waals surface area contributed by atoms with E-state index in [0.717, 1.165) is 0 Å². The highest BCUT2D eigenvalue weighted by molar-refractivity contribution is 6.09. The molecule has 0 spiro atoms. The number of benzene rings is 5. The molecule has 1 heteroatoms. The summed E-state index contributed by atoms with van der Waals surface area (Å²) in [6.45, 7) is 4.48. The van der Waals surface area contributed by atoms with Crippen LogP contribution in [0.15, 0.2) is 121 Å². The van der Waals surface area contributed by atoms with Crippen LogP contribution in [0.25, 0.3) is 49.7 Å². The maximum atomic E-state index is 2.41. The topological polar surface area (TPSA) is 4.93 Å². The number of aromatic nitrogens is 1. The van der Waals surface area contributed by atoms with Crippen molar-refractivity contribution in [3.63, 3.8) is 0 Å². The van der Waals surface area contributed by atoms with Gasteiger partial charge in [-0.3, -0.25) is 0 Å². The maximum Gasteiger partial charge on any atom is 0.0541 e. The summed E-state index contributed by atoms with van der Waals surface area (Å²) in [5.41, 5.74) is 9.93. The Morgan fingerprint density at radius 3 is 1.53 bits per heavy atom. The van der Waals surface area contributed by atoms with Gasteiger partial charge in [-0.1, -0.05) is 105 Å². The quantitative estimate of drug-likeness (QED) is 0.259. The minimum atomic E-state index is 0.526. The minimum absolute atomic E-state index is 0.526. The Labute approximate surface area is 200 Å². The normalized spacial score (nSPS) is 11.5. The summed E-state index contributed by atoms with van der Waals surface area (Å²) < 4.78 is 2.41. The Balaban J connectivity index is 1.63. The number of hydrogen-bond acceptors (Lipinski definition) is 0. The lowest BCUT2D eigenvalue weighted by Gasteiger charge is -2.14. The maximum absolute atomic E-state index is 2.41. The van der Waals surface area contributed by atoms with Gasteiger partial charge in [-0.15, -0.1) is 0 Å². The SMILES string of the molecule is CC(C)c1ccc(-c2cc(-c3ccccc3)cc(-n3c4ccccc4c4ccccc43)c2)cc1. The Bertz CT molecular complexity index is 1550. The second-order valence-corrected chi connectivity index (χ2v) is 9.28. The molecular weight excluding hydrogens is 410 g/mol. The van der Waals surface area contributed by atoms with Gasteiger partial charge in [0, 0.05) is 16.5 Å². The highest BCUT2D eigenvalue weighted by Crippen LogP contribution is 2.36. The van der Waals surface area contributed by atoms with Crippen LogP contribution in [0.5, 0.6) is 0 Å². The summed E-state index contributed by atoms with van der Waals surface area (Å²) in [7, 11) is 0. The first-order valence-electron chi connectivity index (χ1n) is 12.0. The van der Waals surface area contributed by atoms with Crippen molar-refractivity contribution < 1.29 is 0 Å². The molecule has 1 nitrogen and oxygen atoms in total. The zero-order valence-electron chi connectivity index (χ0n) is 19.6. The summed E-state index contributed by atoms with van der Waals surface area (Å²) in [5, 5.41) is 2.57. The van der Waals surface area contributed by atoms with Gasteiger partial charge in [0.25, 0.3) is 0 Å². The molecule has 0 aliphatic heterocycles. The van der Waals surface area contributed by atoms with Crippen LogP contribution < -0.4 is 0 Å².